The van der Waals surface area contributed by atoms with E-state index in [0.717, 1.165) is 17.7 Å². The molecule has 21 heavy (non-hydrogen) atoms. The molecule has 0 aliphatic carbocycles. The van der Waals surface area contributed by atoms with Crippen molar-refractivity contribution in [3.63, 3.8) is 0 Å². The molecule has 0 radical (unpaired) electrons. The average Bonchev–Trinajstić information content (AvgIpc) is 2.48. The smallest absolute Gasteiger partial charge is 0.261 e. The molecule has 1 amide bonds. The fraction of sp³-hybridized carbons (Fsp3) is 0.200. The Kier molecular flexibility index (Phi) is 4.81. The SMILES string of the molecule is CC(Oc1ccc(F)cc1F)C(=O)NCc1cccnc1. The first-order chi connectivity index (χ1) is 10.1. The van der Waals surface area contributed by atoms with Crippen LogP contribution in [0.3, 0.4) is 0 Å². The first-order valence-corrected chi connectivity index (χ1v) is 6.34. The molecular weight excluding hydrogens is 278 g/mol. The van der Waals surface area contributed by atoms with Gasteiger partial charge in [0.15, 0.2) is 17.7 Å². The molecule has 1 aromatic heterocycles. The van der Waals surface area contributed by atoms with Gasteiger partial charge >= 0.3 is 0 Å². The van der Waals surface area contributed by atoms with Gasteiger partial charge in [0.25, 0.3) is 5.91 Å². The highest BCUT2D eigenvalue weighted by Crippen LogP contribution is 2.18. The van der Waals surface area contributed by atoms with E-state index in [1.54, 1.807) is 18.5 Å². The number of aromatic nitrogens is 1. The topological polar surface area (TPSA) is 51.2 Å². The normalized spacial score (nSPS) is 11.8. The number of carbonyl (C=O) groups is 1. The average molecular weight is 292 g/mol. The van der Waals surface area contributed by atoms with E-state index in [2.05, 4.69) is 10.3 Å². The third-order valence-corrected chi connectivity index (χ3v) is 2.76. The summed E-state index contributed by atoms with van der Waals surface area (Å²) in [6, 6.07) is 6.50. The lowest BCUT2D eigenvalue weighted by atomic mass is 10.2. The molecule has 0 fully saturated rings. The molecule has 0 aliphatic rings. The third-order valence-electron chi connectivity index (χ3n) is 2.76. The molecule has 2 aromatic rings. The van der Waals surface area contributed by atoms with E-state index < -0.39 is 23.6 Å². The zero-order valence-corrected chi connectivity index (χ0v) is 11.3. The van der Waals surface area contributed by atoms with Gasteiger partial charge in [-0.2, -0.15) is 0 Å². The summed E-state index contributed by atoms with van der Waals surface area (Å²) in [5.41, 5.74) is 0.839. The quantitative estimate of drug-likeness (QED) is 0.921. The zero-order chi connectivity index (χ0) is 15.2. The van der Waals surface area contributed by atoms with E-state index in [4.69, 9.17) is 4.74 Å². The molecule has 0 bridgehead atoms. The van der Waals surface area contributed by atoms with Gasteiger partial charge in [-0.05, 0) is 30.7 Å². The molecule has 110 valence electrons. The van der Waals surface area contributed by atoms with Crippen LogP contribution in [0.25, 0.3) is 0 Å². The Morgan fingerprint density at radius 1 is 1.38 bits per heavy atom. The first-order valence-electron chi connectivity index (χ1n) is 6.34. The predicted molar refractivity (Wildman–Crippen MR) is 72.5 cm³/mol. The predicted octanol–water partition coefficient (Wildman–Crippen LogP) is 2.44. The minimum Gasteiger partial charge on any atom is -0.478 e. The Morgan fingerprint density at radius 2 is 2.19 bits per heavy atom. The molecule has 6 heteroatoms. The summed E-state index contributed by atoms with van der Waals surface area (Å²) in [5, 5.41) is 2.65. The maximum absolute atomic E-state index is 13.4. The second kappa shape index (κ2) is 6.78. The highest BCUT2D eigenvalue weighted by Gasteiger charge is 2.16. The lowest BCUT2D eigenvalue weighted by Crippen LogP contribution is -2.36. The molecule has 1 N–H and O–H groups in total. The Morgan fingerprint density at radius 3 is 2.86 bits per heavy atom. The maximum atomic E-state index is 13.4. The molecule has 2 rings (SSSR count). The molecule has 1 atom stereocenters. The molecule has 1 aromatic carbocycles. The summed E-state index contributed by atoms with van der Waals surface area (Å²) in [5.74, 6) is -2.11. The van der Waals surface area contributed by atoms with Crippen LogP contribution < -0.4 is 10.1 Å². The number of nitrogens with one attached hydrogen (secondary N) is 1. The van der Waals surface area contributed by atoms with Crippen molar-refractivity contribution in [1.29, 1.82) is 0 Å². The van der Waals surface area contributed by atoms with E-state index in [1.165, 1.54) is 6.92 Å². The lowest BCUT2D eigenvalue weighted by Gasteiger charge is -2.15. The minimum atomic E-state index is -0.901. The van der Waals surface area contributed by atoms with Gasteiger partial charge in [-0.15, -0.1) is 0 Å². The highest BCUT2D eigenvalue weighted by atomic mass is 19.1. The third kappa shape index (κ3) is 4.24. The van der Waals surface area contributed by atoms with Gasteiger partial charge in [0.05, 0.1) is 0 Å². The van der Waals surface area contributed by atoms with Gasteiger partial charge in [0.2, 0.25) is 0 Å². The maximum Gasteiger partial charge on any atom is 0.261 e. The molecule has 0 saturated heterocycles. The molecular formula is C15H14F2N2O2. The number of hydrogen-bond donors (Lipinski definition) is 1. The first kappa shape index (κ1) is 14.9. The van der Waals surface area contributed by atoms with E-state index in [1.807, 2.05) is 6.07 Å². The van der Waals surface area contributed by atoms with E-state index in [0.29, 0.717) is 12.6 Å². The Balaban J connectivity index is 1.90. The van der Waals surface area contributed by atoms with Crippen molar-refractivity contribution in [2.24, 2.45) is 0 Å². The largest absolute Gasteiger partial charge is 0.478 e. The van der Waals surface area contributed by atoms with Crippen LogP contribution in [0.1, 0.15) is 12.5 Å². The van der Waals surface area contributed by atoms with Crippen molar-refractivity contribution >= 4 is 5.91 Å². The number of amides is 1. The van der Waals surface area contributed by atoms with Crippen LogP contribution in [0.2, 0.25) is 0 Å². The van der Waals surface area contributed by atoms with Crippen molar-refractivity contribution in [1.82, 2.24) is 10.3 Å². The van der Waals surface area contributed by atoms with Gasteiger partial charge < -0.3 is 10.1 Å². The second-order valence-electron chi connectivity index (χ2n) is 4.41. The van der Waals surface area contributed by atoms with Crippen LogP contribution in [0.5, 0.6) is 5.75 Å². The summed E-state index contributed by atoms with van der Waals surface area (Å²) in [7, 11) is 0. The summed E-state index contributed by atoms with van der Waals surface area (Å²) >= 11 is 0. The van der Waals surface area contributed by atoms with Gasteiger partial charge in [0.1, 0.15) is 5.82 Å². The fourth-order valence-corrected chi connectivity index (χ4v) is 1.65. The Bertz CT molecular complexity index is 620. The molecule has 4 nitrogen and oxygen atoms in total. The van der Waals surface area contributed by atoms with Gasteiger partial charge in [-0.25, -0.2) is 8.78 Å². The molecule has 0 saturated carbocycles. The summed E-state index contributed by atoms with van der Waals surface area (Å²) < 4.78 is 31.4. The van der Waals surface area contributed by atoms with Crippen molar-refractivity contribution in [2.75, 3.05) is 0 Å². The summed E-state index contributed by atoms with van der Waals surface area (Å²) in [6.45, 7) is 1.79. The number of hydrogen-bond acceptors (Lipinski definition) is 3. The number of ether oxygens (including phenoxy) is 1. The van der Waals surface area contributed by atoms with E-state index >= 15 is 0 Å². The fourth-order valence-electron chi connectivity index (χ4n) is 1.65. The number of pyridine rings is 1. The van der Waals surface area contributed by atoms with Crippen molar-refractivity contribution in [2.45, 2.75) is 19.6 Å². The second-order valence-corrected chi connectivity index (χ2v) is 4.41. The minimum absolute atomic E-state index is 0.166. The standard InChI is InChI=1S/C15H14F2N2O2/c1-10(21-14-5-4-12(16)7-13(14)17)15(20)19-9-11-3-2-6-18-8-11/h2-8,10H,9H2,1H3,(H,19,20). The monoisotopic (exact) mass is 292 g/mol. The Labute approximate surface area is 120 Å². The number of halogens is 2. The van der Waals surface area contributed by atoms with Crippen LogP contribution in [-0.2, 0) is 11.3 Å². The summed E-state index contributed by atoms with van der Waals surface area (Å²) in [6.07, 6.45) is 2.36. The molecule has 0 spiro atoms. The van der Waals surface area contributed by atoms with E-state index in [-0.39, 0.29) is 5.75 Å². The van der Waals surface area contributed by atoms with Crippen molar-refractivity contribution in [3.05, 3.63) is 59.9 Å². The molecule has 1 heterocycles. The van der Waals surface area contributed by atoms with Gasteiger partial charge in [-0.3, -0.25) is 9.78 Å². The molecule has 1 unspecified atom stereocenters. The number of rotatable bonds is 5. The summed E-state index contributed by atoms with van der Waals surface area (Å²) in [4.78, 5) is 15.8. The van der Waals surface area contributed by atoms with Crippen LogP contribution in [-0.4, -0.2) is 17.0 Å². The number of carbonyl (C=O) groups excluding carboxylic acids is 1. The molecule has 0 aliphatic heterocycles. The number of nitrogens with zero attached hydrogens (tertiary/aromatic N) is 1. The van der Waals surface area contributed by atoms with Crippen LogP contribution in [0.15, 0.2) is 42.7 Å². The number of benzene rings is 1. The zero-order valence-electron chi connectivity index (χ0n) is 11.3. The van der Waals surface area contributed by atoms with Crippen LogP contribution in [0, 0.1) is 11.6 Å². The van der Waals surface area contributed by atoms with Crippen molar-refractivity contribution in [3.8, 4) is 5.75 Å². The lowest BCUT2D eigenvalue weighted by molar-refractivity contribution is -0.127. The van der Waals surface area contributed by atoms with Gasteiger partial charge in [-0.1, -0.05) is 6.07 Å². The van der Waals surface area contributed by atoms with Crippen molar-refractivity contribution < 1.29 is 18.3 Å². The van der Waals surface area contributed by atoms with Gasteiger partial charge in [0, 0.05) is 25.0 Å². The van der Waals surface area contributed by atoms with E-state index in [9.17, 15) is 13.6 Å². The van der Waals surface area contributed by atoms with Crippen LogP contribution in [0.4, 0.5) is 8.78 Å². The Hall–Kier alpha value is -2.50. The van der Waals surface area contributed by atoms with Crippen LogP contribution >= 0.6 is 0 Å². The highest BCUT2D eigenvalue weighted by molar-refractivity contribution is 5.80.